The second kappa shape index (κ2) is 7.09. The van der Waals surface area contributed by atoms with Gasteiger partial charge in [0.25, 0.3) is 0 Å². The summed E-state index contributed by atoms with van der Waals surface area (Å²) in [6.07, 6.45) is 3.47. The molecular weight excluding hydrogens is 275 g/mol. The van der Waals surface area contributed by atoms with Gasteiger partial charge in [0, 0.05) is 10.6 Å². The van der Waals surface area contributed by atoms with Crippen LogP contribution in [0.25, 0.3) is 0 Å². The Morgan fingerprint density at radius 3 is 3.15 bits per heavy atom. The molecule has 1 unspecified atom stereocenters. The number of hydrogen-bond acceptors (Lipinski definition) is 3. The average Bonchev–Trinajstić information content (AvgIpc) is 2.45. The minimum Gasteiger partial charge on any atom is -0.348 e. The van der Waals surface area contributed by atoms with E-state index in [2.05, 4.69) is 12.2 Å². The smallest absolute Gasteiger partial charge is 0.237 e. The topological polar surface area (TPSA) is 55.1 Å². The summed E-state index contributed by atoms with van der Waals surface area (Å²) in [7, 11) is 0. The molecule has 5 heteroatoms. The molecule has 0 aliphatic carbocycles. The van der Waals surface area contributed by atoms with Gasteiger partial charge in [-0.3, -0.25) is 4.79 Å². The molecule has 1 aliphatic heterocycles. The number of nitrogens with one attached hydrogen (secondary N) is 1. The molecule has 1 amide bonds. The van der Waals surface area contributed by atoms with Crippen LogP contribution in [0.4, 0.5) is 4.39 Å². The van der Waals surface area contributed by atoms with Crippen LogP contribution in [-0.2, 0) is 4.79 Å². The maximum absolute atomic E-state index is 13.4. The van der Waals surface area contributed by atoms with Gasteiger partial charge in [0.15, 0.2) is 0 Å². The van der Waals surface area contributed by atoms with Gasteiger partial charge in [0.2, 0.25) is 5.91 Å². The fraction of sp³-hybridized carbons (Fsp3) is 0.533. The number of amides is 1. The van der Waals surface area contributed by atoms with Gasteiger partial charge < -0.3 is 11.1 Å². The Morgan fingerprint density at radius 1 is 1.60 bits per heavy atom. The molecule has 1 heterocycles. The number of nitrogens with two attached hydrogens (primary N) is 1. The van der Waals surface area contributed by atoms with E-state index < -0.39 is 6.04 Å². The predicted molar refractivity (Wildman–Crippen MR) is 80.1 cm³/mol. The lowest BCUT2D eigenvalue weighted by Crippen LogP contribution is -2.42. The molecule has 110 valence electrons. The van der Waals surface area contributed by atoms with E-state index in [0.717, 1.165) is 35.5 Å². The maximum atomic E-state index is 13.4. The first-order valence-corrected chi connectivity index (χ1v) is 8.08. The number of halogens is 1. The number of thioether (sulfide) groups is 1. The second-order valence-corrected chi connectivity index (χ2v) is 6.27. The highest BCUT2D eigenvalue weighted by molar-refractivity contribution is 7.99. The number of carbonyl (C=O) groups is 1. The fourth-order valence-electron chi connectivity index (χ4n) is 2.35. The quantitative estimate of drug-likeness (QED) is 0.878. The summed E-state index contributed by atoms with van der Waals surface area (Å²) in [5, 5.41) is 2.97. The molecule has 0 saturated heterocycles. The fourth-order valence-corrected chi connectivity index (χ4v) is 3.45. The summed E-state index contributed by atoms with van der Waals surface area (Å²) >= 11 is 1.70. The van der Waals surface area contributed by atoms with Crippen LogP contribution in [0.15, 0.2) is 23.1 Å². The van der Waals surface area contributed by atoms with Crippen molar-refractivity contribution in [3.8, 4) is 0 Å². The number of unbranched alkanes of at least 4 members (excludes halogenated alkanes) is 1. The zero-order valence-electron chi connectivity index (χ0n) is 11.7. The highest BCUT2D eigenvalue weighted by atomic mass is 32.2. The molecule has 3 N–H and O–H groups in total. The van der Waals surface area contributed by atoms with Crippen molar-refractivity contribution < 1.29 is 9.18 Å². The lowest BCUT2D eigenvalue weighted by molar-refractivity contribution is -0.123. The van der Waals surface area contributed by atoms with Crippen molar-refractivity contribution >= 4 is 17.7 Å². The molecule has 0 bridgehead atoms. The highest BCUT2D eigenvalue weighted by Crippen LogP contribution is 2.36. The first kappa shape index (κ1) is 15.3. The molecule has 0 fully saturated rings. The zero-order chi connectivity index (χ0) is 14.5. The van der Waals surface area contributed by atoms with Crippen molar-refractivity contribution in [2.45, 2.75) is 49.6 Å². The largest absolute Gasteiger partial charge is 0.348 e. The Bertz CT molecular complexity index is 481. The molecule has 0 aromatic heterocycles. The summed E-state index contributed by atoms with van der Waals surface area (Å²) in [6, 6.07) is 4.17. The minimum absolute atomic E-state index is 0.123. The van der Waals surface area contributed by atoms with E-state index in [-0.39, 0.29) is 17.8 Å². The summed E-state index contributed by atoms with van der Waals surface area (Å²) < 4.78 is 13.4. The van der Waals surface area contributed by atoms with Gasteiger partial charge in [0.1, 0.15) is 5.82 Å². The average molecular weight is 296 g/mol. The monoisotopic (exact) mass is 296 g/mol. The van der Waals surface area contributed by atoms with E-state index in [1.54, 1.807) is 17.8 Å². The van der Waals surface area contributed by atoms with Gasteiger partial charge in [-0.15, -0.1) is 11.8 Å². The summed E-state index contributed by atoms with van der Waals surface area (Å²) in [5.74, 6) is 0.527. The van der Waals surface area contributed by atoms with Crippen molar-refractivity contribution in [3.05, 3.63) is 29.6 Å². The Hall–Kier alpha value is -1.07. The number of rotatable bonds is 5. The minimum atomic E-state index is -0.471. The van der Waals surface area contributed by atoms with Crippen molar-refractivity contribution in [2.75, 3.05) is 5.75 Å². The second-order valence-electron chi connectivity index (χ2n) is 5.13. The van der Waals surface area contributed by atoms with Gasteiger partial charge in [-0.2, -0.15) is 0 Å². The number of hydrogen-bond donors (Lipinski definition) is 2. The van der Waals surface area contributed by atoms with E-state index in [1.807, 2.05) is 0 Å². The third-order valence-electron chi connectivity index (χ3n) is 3.53. The van der Waals surface area contributed by atoms with Crippen molar-refractivity contribution in [1.82, 2.24) is 5.32 Å². The van der Waals surface area contributed by atoms with Crippen LogP contribution in [-0.4, -0.2) is 17.7 Å². The van der Waals surface area contributed by atoms with E-state index in [0.29, 0.717) is 6.42 Å². The Kier molecular flexibility index (Phi) is 5.43. The number of carbonyl (C=O) groups excluding carboxylic acids is 1. The summed E-state index contributed by atoms with van der Waals surface area (Å²) in [6.45, 7) is 2.07. The molecule has 1 aromatic carbocycles. The first-order valence-electron chi connectivity index (χ1n) is 7.10. The van der Waals surface area contributed by atoms with Gasteiger partial charge >= 0.3 is 0 Å². The normalized spacial score (nSPS) is 19.2. The van der Waals surface area contributed by atoms with Crippen LogP contribution in [0.1, 0.15) is 44.2 Å². The van der Waals surface area contributed by atoms with Crippen LogP contribution in [0.5, 0.6) is 0 Å². The molecule has 2 rings (SSSR count). The van der Waals surface area contributed by atoms with E-state index >= 15 is 0 Å². The molecule has 0 saturated carbocycles. The zero-order valence-corrected chi connectivity index (χ0v) is 12.5. The Labute approximate surface area is 123 Å². The Morgan fingerprint density at radius 2 is 2.40 bits per heavy atom. The third-order valence-corrected chi connectivity index (χ3v) is 4.66. The van der Waals surface area contributed by atoms with E-state index in [9.17, 15) is 9.18 Å². The SMILES string of the molecule is CCCC[C@H](N)C(=O)NC1CCSc2ccc(F)cc21. The standard InChI is InChI=1S/C15H21FN2OS/c1-2-3-4-12(17)15(19)18-13-7-8-20-14-6-5-10(16)9-11(13)14/h5-6,9,12-13H,2-4,7-8,17H2,1H3,(H,18,19)/t12-,13?/m0/s1. The van der Waals surface area contributed by atoms with Crippen molar-refractivity contribution in [2.24, 2.45) is 5.73 Å². The van der Waals surface area contributed by atoms with Gasteiger partial charge in [-0.1, -0.05) is 19.8 Å². The Balaban J connectivity index is 2.04. The number of fused-ring (bicyclic) bond motifs is 1. The van der Waals surface area contributed by atoms with Crippen LogP contribution in [0, 0.1) is 5.82 Å². The first-order chi connectivity index (χ1) is 9.61. The lowest BCUT2D eigenvalue weighted by atomic mass is 10.0. The van der Waals surface area contributed by atoms with Gasteiger partial charge in [0.05, 0.1) is 12.1 Å². The van der Waals surface area contributed by atoms with Crippen LogP contribution >= 0.6 is 11.8 Å². The third kappa shape index (κ3) is 3.73. The molecule has 0 radical (unpaired) electrons. The molecule has 2 atom stereocenters. The summed E-state index contributed by atoms with van der Waals surface area (Å²) in [4.78, 5) is 13.1. The number of benzene rings is 1. The van der Waals surface area contributed by atoms with E-state index in [1.165, 1.54) is 12.1 Å². The molecule has 1 aliphatic rings. The van der Waals surface area contributed by atoms with Crippen LogP contribution in [0.2, 0.25) is 0 Å². The van der Waals surface area contributed by atoms with Gasteiger partial charge in [-0.05, 0) is 36.6 Å². The van der Waals surface area contributed by atoms with Crippen LogP contribution < -0.4 is 11.1 Å². The molecule has 1 aromatic rings. The molecule has 3 nitrogen and oxygen atoms in total. The maximum Gasteiger partial charge on any atom is 0.237 e. The van der Waals surface area contributed by atoms with Crippen LogP contribution in [0.3, 0.4) is 0 Å². The van der Waals surface area contributed by atoms with Crippen molar-refractivity contribution in [1.29, 1.82) is 0 Å². The van der Waals surface area contributed by atoms with Gasteiger partial charge in [-0.25, -0.2) is 4.39 Å². The summed E-state index contributed by atoms with van der Waals surface area (Å²) in [5.41, 5.74) is 6.75. The van der Waals surface area contributed by atoms with E-state index in [4.69, 9.17) is 5.73 Å². The molecular formula is C15H21FN2OS. The molecule has 20 heavy (non-hydrogen) atoms. The molecule has 0 spiro atoms. The highest BCUT2D eigenvalue weighted by Gasteiger charge is 2.24. The van der Waals surface area contributed by atoms with Crippen molar-refractivity contribution in [3.63, 3.8) is 0 Å². The lowest BCUT2D eigenvalue weighted by Gasteiger charge is -2.27. The predicted octanol–water partition coefficient (Wildman–Crippen LogP) is 3.00.